The molecule has 1 fully saturated rings. The number of ketones is 1. The first-order valence-corrected chi connectivity index (χ1v) is 15.8. The number of rotatable bonds is 11. The van der Waals surface area contributed by atoms with Crippen molar-refractivity contribution in [2.24, 2.45) is 0 Å². The number of benzene rings is 2. The summed E-state index contributed by atoms with van der Waals surface area (Å²) in [4.78, 5) is 31.5. The maximum absolute atomic E-state index is 14.0. The van der Waals surface area contributed by atoms with Crippen LogP contribution < -0.4 is 5.56 Å². The van der Waals surface area contributed by atoms with Crippen molar-refractivity contribution >= 4 is 26.7 Å². The highest BCUT2D eigenvalue weighted by Crippen LogP contribution is 2.49. The topological polar surface area (TPSA) is 92.2 Å². The van der Waals surface area contributed by atoms with Crippen LogP contribution in [0.25, 0.3) is 22.0 Å². The van der Waals surface area contributed by atoms with Crippen molar-refractivity contribution in [2.75, 3.05) is 14.1 Å². The highest BCUT2D eigenvalue weighted by molar-refractivity contribution is 7.91. The van der Waals surface area contributed by atoms with E-state index in [0.29, 0.717) is 47.7 Å². The van der Waals surface area contributed by atoms with Crippen LogP contribution in [0.5, 0.6) is 0 Å². The van der Waals surface area contributed by atoms with Gasteiger partial charge < -0.3 is 9.88 Å². The minimum absolute atomic E-state index is 0.129. The van der Waals surface area contributed by atoms with Crippen molar-refractivity contribution in [3.63, 3.8) is 0 Å². The second-order valence-electron chi connectivity index (χ2n) is 12.0. The SMILES string of the molecule is C=CCC1(S(=O)(=O)n2cc(C)c3c(C(=O)CCc4c(C)cc(C)[nH]c4=O)cc(-c4ccc(CN(C)C)cc4)cc32)CC1. The molecule has 0 unspecified atom stereocenters. The Kier molecular flexibility index (Phi) is 7.89. The van der Waals surface area contributed by atoms with Gasteiger partial charge in [-0.25, -0.2) is 12.4 Å². The first kappa shape index (κ1) is 29.7. The summed E-state index contributed by atoms with van der Waals surface area (Å²) in [5, 5.41) is 0.639. The Morgan fingerprint density at radius 1 is 1.05 bits per heavy atom. The van der Waals surface area contributed by atoms with Crippen molar-refractivity contribution in [3.8, 4) is 11.1 Å². The molecule has 0 aliphatic heterocycles. The van der Waals surface area contributed by atoms with Crippen molar-refractivity contribution in [1.82, 2.24) is 13.9 Å². The highest BCUT2D eigenvalue weighted by Gasteiger charge is 2.54. The molecule has 2 heterocycles. The second kappa shape index (κ2) is 11.2. The van der Waals surface area contributed by atoms with Crippen LogP contribution in [-0.2, 0) is 23.0 Å². The van der Waals surface area contributed by atoms with Gasteiger partial charge in [0.05, 0.1) is 10.3 Å². The first-order chi connectivity index (χ1) is 19.9. The number of carbonyl (C=O) groups excluding carboxylic acids is 1. The zero-order chi connectivity index (χ0) is 30.4. The van der Waals surface area contributed by atoms with Crippen LogP contribution in [-0.4, -0.2) is 46.9 Å². The first-order valence-electron chi connectivity index (χ1n) is 14.4. The number of nitrogens with one attached hydrogen (secondary N) is 1. The second-order valence-corrected chi connectivity index (χ2v) is 14.2. The van der Waals surface area contributed by atoms with Crippen LogP contribution in [0.4, 0.5) is 0 Å². The lowest BCUT2D eigenvalue weighted by Crippen LogP contribution is -2.28. The third kappa shape index (κ3) is 5.41. The van der Waals surface area contributed by atoms with Gasteiger partial charge in [-0.15, -0.1) is 6.58 Å². The smallest absolute Gasteiger partial charge is 0.251 e. The maximum Gasteiger partial charge on any atom is 0.251 e. The largest absolute Gasteiger partial charge is 0.326 e. The molecule has 0 atom stereocenters. The van der Waals surface area contributed by atoms with Crippen LogP contribution in [0, 0.1) is 20.8 Å². The normalized spacial score (nSPS) is 14.4. The molecule has 4 aromatic rings. The number of H-pyrrole nitrogens is 1. The minimum atomic E-state index is -3.74. The monoisotopic (exact) mass is 585 g/mol. The number of Topliss-reactive ketones (excluding diaryl/α,β-unsaturated/α-hetero) is 1. The van der Waals surface area contributed by atoms with Gasteiger partial charge in [0.1, 0.15) is 0 Å². The Morgan fingerprint density at radius 3 is 2.33 bits per heavy atom. The fourth-order valence-electron chi connectivity index (χ4n) is 6.02. The van der Waals surface area contributed by atoms with E-state index in [-0.39, 0.29) is 17.8 Å². The molecular weight excluding hydrogens is 546 g/mol. The van der Waals surface area contributed by atoms with Crippen LogP contribution in [0.15, 0.2) is 66.1 Å². The molecular formula is C34H39N3O4S. The van der Waals surface area contributed by atoms with Gasteiger partial charge in [-0.3, -0.25) is 9.59 Å². The predicted octanol–water partition coefficient (Wildman–Crippen LogP) is 6.09. The van der Waals surface area contributed by atoms with Crippen LogP contribution in [0.1, 0.15) is 64.0 Å². The molecule has 8 heteroatoms. The van der Waals surface area contributed by atoms with Gasteiger partial charge in [0.15, 0.2) is 5.78 Å². The van der Waals surface area contributed by atoms with Crippen LogP contribution in [0.3, 0.4) is 0 Å². The van der Waals surface area contributed by atoms with Gasteiger partial charge >= 0.3 is 0 Å². The number of carbonyl (C=O) groups is 1. The summed E-state index contributed by atoms with van der Waals surface area (Å²) in [5.74, 6) is -0.129. The molecule has 2 aromatic heterocycles. The molecule has 220 valence electrons. The summed E-state index contributed by atoms with van der Waals surface area (Å²) in [6, 6.07) is 13.8. The van der Waals surface area contributed by atoms with Gasteiger partial charge in [-0.05, 0) is 107 Å². The fraction of sp³-hybridized carbons (Fsp3) is 0.353. The number of aryl methyl sites for hydroxylation is 3. The third-order valence-corrected chi connectivity index (χ3v) is 10.9. The van der Waals surface area contributed by atoms with E-state index in [1.807, 2.05) is 65.2 Å². The number of hydrogen-bond acceptors (Lipinski definition) is 5. The van der Waals surface area contributed by atoms with E-state index in [1.165, 1.54) is 3.97 Å². The molecule has 42 heavy (non-hydrogen) atoms. The number of aromatic amines is 1. The number of hydrogen-bond donors (Lipinski definition) is 1. The van der Waals surface area contributed by atoms with Gasteiger partial charge in [0.2, 0.25) is 10.0 Å². The van der Waals surface area contributed by atoms with Gasteiger partial charge in [-0.2, -0.15) is 0 Å². The molecule has 7 nitrogen and oxygen atoms in total. The predicted molar refractivity (Wildman–Crippen MR) is 170 cm³/mol. The Morgan fingerprint density at radius 2 is 1.74 bits per heavy atom. The van der Waals surface area contributed by atoms with E-state index in [2.05, 4.69) is 28.6 Å². The number of aromatic nitrogens is 2. The molecule has 1 N–H and O–H groups in total. The molecule has 1 saturated carbocycles. The van der Waals surface area contributed by atoms with E-state index in [0.717, 1.165) is 40.1 Å². The van der Waals surface area contributed by atoms with Crippen LogP contribution >= 0.6 is 0 Å². The molecule has 1 aliphatic carbocycles. The summed E-state index contributed by atoms with van der Waals surface area (Å²) in [6.45, 7) is 10.2. The highest BCUT2D eigenvalue weighted by atomic mass is 32.2. The average molecular weight is 586 g/mol. The van der Waals surface area contributed by atoms with Crippen molar-refractivity contribution in [2.45, 2.75) is 64.2 Å². The van der Waals surface area contributed by atoms with Crippen molar-refractivity contribution < 1.29 is 13.2 Å². The van der Waals surface area contributed by atoms with E-state index in [1.54, 1.807) is 12.3 Å². The molecule has 2 aromatic carbocycles. The number of pyridine rings is 1. The fourth-order valence-corrected chi connectivity index (χ4v) is 8.09. The van der Waals surface area contributed by atoms with E-state index in [4.69, 9.17) is 0 Å². The standard InChI is InChI=1S/C34H39N3O4S/c1-7-14-34(15-16-34)42(40,41)37-20-23(3)32-29(31(38)13-12-28-22(2)17-24(4)35-33(28)39)18-27(19-30(32)37)26-10-8-25(9-11-26)21-36(5)6/h7-11,17-20H,1,12-16,21H2,2-6H3,(H,35,39). The number of allylic oxidation sites excluding steroid dienone is 1. The Labute approximate surface area is 247 Å². The third-order valence-electron chi connectivity index (χ3n) is 8.37. The Balaban J connectivity index is 1.64. The van der Waals surface area contributed by atoms with Gasteiger partial charge in [0.25, 0.3) is 5.56 Å². The molecule has 1 aliphatic rings. The summed E-state index contributed by atoms with van der Waals surface area (Å²) in [7, 11) is 0.287. The minimum Gasteiger partial charge on any atom is -0.326 e. The summed E-state index contributed by atoms with van der Waals surface area (Å²) in [6.07, 6.45) is 5.31. The zero-order valence-corrected chi connectivity index (χ0v) is 25.9. The Bertz CT molecular complexity index is 1860. The summed E-state index contributed by atoms with van der Waals surface area (Å²) >= 11 is 0. The lowest BCUT2D eigenvalue weighted by atomic mass is 9.93. The number of nitrogens with zero attached hydrogens (tertiary/aromatic N) is 2. The average Bonchev–Trinajstić information content (AvgIpc) is 3.64. The summed E-state index contributed by atoms with van der Waals surface area (Å²) < 4.78 is 28.6. The molecule has 0 radical (unpaired) electrons. The molecule has 5 rings (SSSR count). The quantitative estimate of drug-likeness (QED) is 0.170. The maximum atomic E-state index is 14.0. The van der Waals surface area contributed by atoms with Gasteiger partial charge in [0, 0.05) is 41.4 Å². The van der Waals surface area contributed by atoms with Gasteiger partial charge in [-0.1, -0.05) is 30.3 Å². The Hall–Kier alpha value is -3.75. The van der Waals surface area contributed by atoms with Crippen molar-refractivity contribution in [3.05, 3.63) is 105 Å². The lowest BCUT2D eigenvalue weighted by molar-refractivity contribution is 0.0984. The lowest BCUT2D eigenvalue weighted by Gasteiger charge is -2.17. The molecule has 0 bridgehead atoms. The molecule has 0 spiro atoms. The molecule has 0 amide bonds. The van der Waals surface area contributed by atoms with E-state index < -0.39 is 14.8 Å². The molecule has 0 saturated heterocycles. The van der Waals surface area contributed by atoms with Crippen LogP contribution in [0.2, 0.25) is 0 Å². The van der Waals surface area contributed by atoms with Crippen molar-refractivity contribution in [1.29, 1.82) is 0 Å². The van der Waals surface area contributed by atoms with E-state index >= 15 is 0 Å². The number of fused-ring (bicyclic) bond motifs is 1. The summed E-state index contributed by atoms with van der Waals surface area (Å²) in [5.41, 5.74) is 6.57. The zero-order valence-electron chi connectivity index (χ0n) is 25.1. The van der Waals surface area contributed by atoms with E-state index in [9.17, 15) is 18.0 Å².